The second-order valence-corrected chi connectivity index (χ2v) is 4.94. The van der Waals surface area contributed by atoms with Crippen LogP contribution in [0.3, 0.4) is 0 Å². The predicted molar refractivity (Wildman–Crippen MR) is 77.1 cm³/mol. The fourth-order valence-corrected chi connectivity index (χ4v) is 1.88. The van der Waals surface area contributed by atoms with Crippen molar-refractivity contribution in [1.29, 1.82) is 0 Å². The molecule has 2 aromatic rings. The Morgan fingerprint density at radius 1 is 1.21 bits per heavy atom. The van der Waals surface area contributed by atoms with Gasteiger partial charge in [0.1, 0.15) is 0 Å². The molecule has 2 N–H and O–H groups in total. The largest absolute Gasteiger partial charge is 0.387 e. The van der Waals surface area contributed by atoms with Crippen LogP contribution in [0, 0.1) is 6.92 Å². The summed E-state index contributed by atoms with van der Waals surface area (Å²) in [6, 6.07) is 11.2. The molecule has 2 rings (SSSR count). The molecule has 0 aliphatic rings. The number of aliphatic hydroxyl groups is 1. The number of pyridine rings is 1. The maximum Gasteiger partial charge on any atom is 0.0914 e. The Bertz CT molecular complexity index is 511. The van der Waals surface area contributed by atoms with Gasteiger partial charge in [-0.1, -0.05) is 29.8 Å². The Balaban J connectivity index is 1.82. The molecule has 0 fully saturated rings. The van der Waals surface area contributed by atoms with E-state index in [9.17, 15) is 5.11 Å². The van der Waals surface area contributed by atoms with Crippen LogP contribution < -0.4 is 5.32 Å². The summed E-state index contributed by atoms with van der Waals surface area (Å²) in [4.78, 5) is 4.23. The molecule has 0 bridgehead atoms. The van der Waals surface area contributed by atoms with E-state index in [0.29, 0.717) is 18.1 Å². The lowest BCUT2D eigenvalue weighted by Gasteiger charge is -2.12. The van der Waals surface area contributed by atoms with Crippen LogP contribution in [-0.2, 0) is 6.54 Å². The van der Waals surface area contributed by atoms with Crippen LogP contribution in [0.5, 0.6) is 0 Å². The minimum atomic E-state index is -0.532. The molecule has 3 nitrogen and oxygen atoms in total. The fraction of sp³-hybridized carbons (Fsp3) is 0.267. The van der Waals surface area contributed by atoms with Gasteiger partial charge in [0, 0.05) is 30.0 Å². The Kier molecular flexibility index (Phi) is 4.91. The van der Waals surface area contributed by atoms with Crippen LogP contribution in [-0.4, -0.2) is 16.6 Å². The lowest BCUT2D eigenvalue weighted by Crippen LogP contribution is -2.21. The summed E-state index contributed by atoms with van der Waals surface area (Å²) >= 11 is 5.81. The average Bonchev–Trinajstić information content (AvgIpc) is 2.41. The SMILES string of the molecule is Cc1ccc(CNCC(O)c2ccc(Cl)cc2)cn1. The summed E-state index contributed by atoms with van der Waals surface area (Å²) in [6.45, 7) is 3.15. The number of benzene rings is 1. The molecule has 1 aromatic carbocycles. The molecule has 0 aliphatic heterocycles. The van der Waals surface area contributed by atoms with Crippen molar-refractivity contribution in [2.75, 3.05) is 6.54 Å². The van der Waals surface area contributed by atoms with E-state index >= 15 is 0 Å². The Morgan fingerprint density at radius 2 is 1.95 bits per heavy atom. The smallest absolute Gasteiger partial charge is 0.0914 e. The van der Waals surface area contributed by atoms with Crippen molar-refractivity contribution in [2.45, 2.75) is 19.6 Å². The average molecular weight is 277 g/mol. The van der Waals surface area contributed by atoms with Crippen LogP contribution in [0.2, 0.25) is 5.02 Å². The van der Waals surface area contributed by atoms with Gasteiger partial charge in [-0.05, 0) is 36.2 Å². The van der Waals surface area contributed by atoms with E-state index in [0.717, 1.165) is 16.8 Å². The molecular formula is C15H17ClN2O. The summed E-state index contributed by atoms with van der Waals surface area (Å²) < 4.78 is 0. The number of hydrogen-bond acceptors (Lipinski definition) is 3. The van der Waals surface area contributed by atoms with Gasteiger partial charge in [-0.15, -0.1) is 0 Å². The minimum absolute atomic E-state index is 0.496. The lowest BCUT2D eigenvalue weighted by molar-refractivity contribution is 0.174. The zero-order valence-electron chi connectivity index (χ0n) is 10.8. The molecule has 0 radical (unpaired) electrons. The quantitative estimate of drug-likeness (QED) is 0.883. The van der Waals surface area contributed by atoms with Crippen molar-refractivity contribution in [3.8, 4) is 0 Å². The summed E-state index contributed by atoms with van der Waals surface area (Å²) in [5, 5.41) is 13.9. The van der Waals surface area contributed by atoms with Crippen molar-refractivity contribution < 1.29 is 5.11 Å². The van der Waals surface area contributed by atoms with E-state index in [2.05, 4.69) is 10.3 Å². The monoisotopic (exact) mass is 276 g/mol. The molecule has 1 unspecified atom stereocenters. The molecule has 100 valence electrons. The van der Waals surface area contributed by atoms with Gasteiger partial charge in [0.25, 0.3) is 0 Å². The maximum absolute atomic E-state index is 10.0. The van der Waals surface area contributed by atoms with E-state index in [1.807, 2.05) is 37.4 Å². The Hall–Kier alpha value is -1.42. The number of aromatic nitrogens is 1. The van der Waals surface area contributed by atoms with Gasteiger partial charge in [-0.25, -0.2) is 0 Å². The van der Waals surface area contributed by atoms with Gasteiger partial charge in [-0.3, -0.25) is 4.98 Å². The van der Waals surface area contributed by atoms with Crippen molar-refractivity contribution in [2.24, 2.45) is 0 Å². The molecular weight excluding hydrogens is 260 g/mol. The van der Waals surface area contributed by atoms with Crippen molar-refractivity contribution in [3.63, 3.8) is 0 Å². The third kappa shape index (κ3) is 4.31. The second-order valence-electron chi connectivity index (χ2n) is 4.51. The summed E-state index contributed by atoms with van der Waals surface area (Å²) in [5.74, 6) is 0. The Morgan fingerprint density at radius 3 is 2.58 bits per heavy atom. The van der Waals surface area contributed by atoms with Crippen LogP contribution in [0.1, 0.15) is 22.9 Å². The third-order valence-corrected chi connectivity index (χ3v) is 3.15. The van der Waals surface area contributed by atoms with Gasteiger partial charge < -0.3 is 10.4 Å². The zero-order valence-corrected chi connectivity index (χ0v) is 11.6. The van der Waals surface area contributed by atoms with Gasteiger partial charge in [-0.2, -0.15) is 0 Å². The molecule has 1 heterocycles. The normalized spacial score (nSPS) is 12.4. The van der Waals surface area contributed by atoms with Crippen molar-refractivity contribution >= 4 is 11.6 Å². The highest BCUT2D eigenvalue weighted by molar-refractivity contribution is 6.30. The zero-order chi connectivity index (χ0) is 13.7. The molecule has 1 atom stereocenters. The lowest BCUT2D eigenvalue weighted by atomic mass is 10.1. The van der Waals surface area contributed by atoms with Gasteiger partial charge in [0.2, 0.25) is 0 Å². The highest BCUT2D eigenvalue weighted by Crippen LogP contribution is 2.15. The topological polar surface area (TPSA) is 45.1 Å². The second kappa shape index (κ2) is 6.66. The van der Waals surface area contributed by atoms with E-state index in [4.69, 9.17) is 11.6 Å². The Labute approximate surface area is 118 Å². The highest BCUT2D eigenvalue weighted by Gasteiger charge is 2.06. The first-order chi connectivity index (χ1) is 9.15. The molecule has 0 saturated carbocycles. The van der Waals surface area contributed by atoms with Crippen LogP contribution in [0.25, 0.3) is 0 Å². The number of hydrogen-bond donors (Lipinski definition) is 2. The number of halogens is 1. The third-order valence-electron chi connectivity index (χ3n) is 2.89. The maximum atomic E-state index is 10.0. The fourth-order valence-electron chi connectivity index (χ4n) is 1.76. The number of aryl methyl sites for hydroxylation is 1. The molecule has 0 spiro atoms. The van der Waals surface area contributed by atoms with E-state index < -0.39 is 6.10 Å². The van der Waals surface area contributed by atoms with E-state index in [1.54, 1.807) is 12.1 Å². The standard InChI is InChI=1S/C15H17ClN2O/c1-11-2-3-12(9-18-11)8-17-10-15(19)13-4-6-14(16)7-5-13/h2-7,9,15,17,19H,8,10H2,1H3. The summed E-state index contributed by atoms with van der Waals surface area (Å²) in [6.07, 6.45) is 1.31. The molecule has 0 amide bonds. The van der Waals surface area contributed by atoms with Gasteiger partial charge >= 0.3 is 0 Å². The number of nitrogens with zero attached hydrogens (tertiary/aromatic N) is 1. The molecule has 0 saturated heterocycles. The first-order valence-electron chi connectivity index (χ1n) is 6.21. The number of nitrogens with one attached hydrogen (secondary N) is 1. The van der Waals surface area contributed by atoms with Crippen LogP contribution in [0.4, 0.5) is 0 Å². The van der Waals surface area contributed by atoms with Gasteiger partial charge in [0.15, 0.2) is 0 Å². The van der Waals surface area contributed by atoms with Crippen molar-refractivity contribution in [1.82, 2.24) is 10.3 Å². The van der Waals surface area contributed by atoms with E-state index in [1.165, 1.54) is 0 Å². The van der Waals surface area contributed by atoms with E-state index in [-0.39, 0.29) is 0 Å². The molecule has 0 aliphatic carbocycles. The molecule has 19 heavy (non-hydrogen) atoms. The first-order valence-corrected chi connectivity index (χ1v) is 6.59. The first kappa shape index (κ1) is 14.0. The van der Waals surface area contributed by atoms with Crippen LogP contribution >= 0.6 is 11.6 Å². The minimum Gasteiger partial charge on any atom is -0.387 e. The van der Waals surface area contributed by atoms with Crippen molar-refractivity contribution in [3.05, 3.63) is 64.4 Å². The van der Waals surface area contributed by atoms with Crippen LogP contribution in [0.15, 0.2) is 42.6 Å². The highest BCUT2D eigenvalue weighted by atomic mass is 35.5. The molecule has 1 aromatic heterocycles. The summed E-state index contributed by atoms with van der Waals surface area (Å²) in [7, 11) is 0. The predicted octanol–water partition coefficient (Wildman–Crippen LogP) is 2.87. The number of aliphatic hydroxyl groups excluding tert-OH is 1. The summed E-state index contributed by atoms with van der Waals surface area (Å²) in [5.41, 5.74) is 2.97. The van der Waals surface area contributed by atoms with Gasteiger partial charge in [0.05, 0.1) is 6.10 Å². The molecule has 4 heteroatoms. The number of rotatable bonds is 5.